The van der Waals surface area contributed by atoms with E-state index in [0.29, 0.717) is 19.2 Å². The Morgan fingerprint density at radius 2 is 2.36 bits per heavy atom. The molecule has 2 heterocycles. The van der Waals surface area contributed by atoms with Gasteiger partial charge in [0.15, 0.2) is 11.5 Å². The minimum atomic E-state index is -0.217. The van der Waals surface area contributed by atoms with E-state index in [1.807, 2.05) is 31.2 Å². The molecular formula is C16H21N3O3. The monoisotopic (exact) mass is 303 g/mol. The summed E-state index contributed by atoms with van der Waals surface area (Å²) < 4.78 is 10.7. The summed E-state index contributed by atoms with van der Waals surface area (Å²) in [4.78, 5) is 17.8. The van der Waals surface area contributed by atoms with Crippen molar-refractivity contribution >= 4 is 17.2 Å². The van der Waals surface area contributed by atoms with E-state index in [1.54, 1.807) is 4.90 Å². The van der Waals surface area contributed by atoms with Crippen molar-refractivity contribution in [3.05, 3.63) is 30.2 Å². The lowest BCUT2D eigenvalue weighted by atomic mass is 10.2. The average molecular weight is 303 g/mol. The molecule has 0 saturated carbocycles. The van der Waals surface area contributed by atoms with E-state index in [1.165, 1.54) is 0 Å². The SMILES string of the molecule is CCOC(=O)N1CCC(NCCc2nc3ccccc3o2)C1. The van der Waals surface area contributed by atoms with Crippen LogP contribution in [0.25, 0.3) is 11.1 Å². The van der Waals surface area contributed by atoms with Gasteiger partial charge in [-0.1, -0.05) is 12.1 Å². The highest BCUT2D eigenvalue weighted by molar-refractivity contribution is 5.72. The first-order valence-corrected chi connectivity index (χ1v) is 7.76. The summed E-state index contributed by atoms with van der Waals surface area (Å²) in [5.74, 6) is 0.744. The van der Waals surface area contributed by atoms with Crippen molar-refractivity contribution in [1.29, 1.82) is 0 Å². The normalized spacial score (nSPS) is 18.0. The van der Waals surface area contributed by atoms with E-state index in [4.69, 9.17) is 9.15 Å². The second-order valence-electron chi connectivity index (χ2n) is 5.41. The second-order valence-corrected chi connectivity index (χ2v) is 5.41. The Hall–Kier alpha value is -2.08. The molecule has 1 unspecified atom stereocenters. The number of nitrogens with one attached hydrogen (secondary N) is 1. The summed E-state index contributed by atoms with van der Waals surface area (Å²) in [5.41, 5.74) is 1.72. The Balaban J connectivity index is 1.44. The number of hydrogen-bond acceptors (Lipinski definition) is 5. The molecule has 6 nitrogen and oxygen atoms in total. The molecule has 2 aromatic rings. The van der Waals surface area contributed by atoms with Gasteiger partial charge in [-0.3, -0.25) is 0 Å². The summed E-state index contributed by atoms with van der Waals surface area (Å²) in [6.45, 7) is 4.48. The Kier molecular flexibility index (Phi) is 4.58. The van der Waals surface area contributed by atoms with Crippen molar-refractivity contribution < 1.29 is 13.9 Å². The summed E-state index contributed by atoms with van der Waals surface area (Å²) in [6, 6.07) is 8.08. The lowest BCUT2D eigenvalue weighted by Gasteiger charge is -2.16. The van der Waals surface area contributed by atoms with Gasteiger partial charge >= 0.3 is 6.09 Å². The van der Waals surface area contributed by atoms with Crippen molar-refractivity contribution in [3.63, 3.8) is 0 Å². The highest BCUT2D eigenvalue weighted by atomic mass is 16.6. The lowest BCUT2D eigenvalue weighted by molar-refractivity contribution is 0.115. The highest BCUT2D eigenvalue weighted by Crippen LogP contribution is 2.15. The largest absolute Gasteiger partial charge is 0.450 e. The molecule has 6 heteroatoms. The second kappa shape index (κ2) is 6.79. The van der Waals surface area contributed by atoms with Crippen LogP contribution in [0, 0.1) is 0 Å². The standard InChI is InChI=1S/C16H21N3O3/c1-2-21-16(20)19-10-8-12(11-19)17-9-7-15-18-13-5-3-4-6-14(13)22-15/h3-6,12,17H,2,7-11H2,1H3. The van der Waals surface area contributed by atoms with Crippen molar-refractivity contribution in [3.8, 4) is 0 Å². The van der Waals surface area contributed by atoms with Gasteiger partial charge in [-0.15, -0.1) is 0 Å². The van der Waals surface area contributed by atoms with Gasteiger partial charge in [0.1, 0.15) is 5.52 Å². The minimum absolute atomic E-state index is 0.217. The van der Waals surface area contributed by atoms with Gasteiger partial charge in [-0.25, -0.2) is 9.78 Å². The van der Waals surface area contributed by atoms with Crippen LogP contribution >= 0.6 is 0 Å². The smallest absolute Gasteiger partial charge is 0.409 e. The summed E-state index contributed by atoms with van der Waals surface area (Å²) in [6.07, 6.45) is 1.47. The molecule has 1 fully saturated rings. The van der Waals surface area contributed by atoms with Gasteiger partial charge in [-0.05, 0) is 25.5 Å². The number of ether oxygens (including phenoxy) is 1. The van der Waals surface area contributed by atoms with Crippen molar-refractivity contribution in [1.82, 2.24) is 15.2 Å². The number of carbonyl (C=O) groups is 1. The Morgan fingerprint density at radius 1 is 1.50 bits per heavy atom. The van der Waals surface area contributed by atoms with Crippen molar-refractivity contribution in [2.45, 2.75) is 25.8 Å². The number of benzene rings is 1. The van der Waals surface area contributed by atoms with Gasteiger partial charge in [0, 0.05) is 32.1 Å². The quantitative estimate of drug-likeness (QED) is 0.917. The van der Waals surface area contributed by atoms with Crippen LogP contribution in [0.3, 0.4) is 0 Å². The molecule has 1 aromatic heterocycles. The maximum Gasteiger partial charge on any atom is 0.409 e. The number of likely N-dealkylation sites (tertiary alicyclic amines) is 1. The highest BCUT2D eigenvalue weighted by Gasteiger charge is 2.26. The van der Waals surface area contributed by atoms with Crippen LogP contribution in [0.15, 0.2) is 28.7 Å². The number of hydrogen-bond donors (Lipinski definition) is 1. The average Bonchev–Trinajstić information content (AvgIpc) is 3.13. The molecule has 0 aliphatic carbocycles. The molecule has 0 radical (unpaired) electrons. The number of aromatic nitrogens is 1. The molecule has 1 saturated heterocycles. The zero-order valence-electron chi connectivity index (χ0n) is 12.7. The Bertz CT molecular complexity index is 607. The number of carbonyl (C=O) groups excluding carboxylic acids is 1. The molecular weight excluding hydrogens is 282 g/mol. The molecule has 1 aliphatic heterocycles. The fraction of sp³-hybridized carbons (Fsp3) is 0.500. The van der Waals surface area contributed by atoms with Crippen LogP contribution in [0.2, 0.25) is 0 Å². The predicted octanol–water partition coefficient (Wildman–Crippen LogP) is 2.19. The molecule has 1 amide bonds. The molecule has 118 valence electrons. The van der Waals surface area contributed by atoms with Crippen LogP contribution in [-0.2, 0) is 11.2 Å². The van der Waals surface area contributed by atoms with Crippen molar-refractivity contribution in [2.75, 3.05) is 26.2 Å². The third kappa shape index (κ3) is 3.39. The number of amides is 1. The summed E-state index contributed by atoms with van der Waals surface area (Å²) in [5, 5.41) is 3.45. The predicted molar refractivity (Wildman–Crippen MR) is 82.7 cm³/mol. The molecule has 22 heavy (non-hydrogen) atoms. The molecule has 3 rings (SSSR count). The first kappa shape index (κ1) is 14.8. The van der Waals surface area contributed by atoms with Gasteiger partial charge in [0.05, 0.1) is 6.61 Å². The topological polar surface area (TPSA) is 67.6 Å². The van der Waals surface area contributed by atoms with Crippen LogP contribution in [0.1, 0.15) is 19.2 Å². The number of para-hydroxylation sites is 2. The Labute approximate surface area is 129 Å². The van der Waals surface area contributed by atoms with Gasteiger partial charge in [-0.2, -0.15) is 0 Å². The summed E-state index contributed by atoms with van der Waals surface area (Å²) in [7, 11) is 0. The fourth-order valence-electron chi connectivity index (χ4n) is 2.72. The number of rotatable bonds is 5. The maximum absolute atomic E-state index is 11.6. The van der Waals surface area contributed by atoms with Crippen LogP contribution in [0.4, 0.5) is 4.79 Å². The molecule has 0 spiro atoms. The van der Waals surface area contributed by atoms with E-state index < -0.39 is 0 Å². The third-order valence-corrected chi connectivity index (χ3v) is 3.82. The zero-order chi connectivity index (χ0) is 15.4. The van der Waals surface area contributed by atoms with Crippen LogP contribution < -0.4 is 5.32 Å². The number of nitrogens with zero attached hydrogens (tertiary/aromatic N) is 2. The van der Waals surface area contributed by atoms with E-state index >= 15 is 0 Å². The van der Waals surface area contributed by atoms with Crippen molar-refractivity contribution in [2.24, 2.45) is 0 Å². The fourth-order valence-corrected chi connectivity index (χ4v) is 2.72. The number of fused-ring (bicyclic) bond motifs is 1. The minimum Gasteiger partial charge on any atom is -0.450 e. The first-order valence-electron chi connectivity index (χ1n) is 7.76. The molecule has 1 N–H and O–H groups in total. The number of oxazole rings is 1. The molecule has 1 atom stereocenters. The summed E-state index contributed by atoms with van der Waals surface area (Å²) >= 11 is 0. The zero-order valence-corrected chi connectivity index (χ0v) is 12.7. The molecule has 1 aliphatic rings. The Morgan fingerprint density at radius 3 is 3.18 bits per heavy atom. The van der Waals surface area contributed by atoms with E-state index in [-0.39, 0.29) is 6.09 Å². The van der Waals surface area contributed by atoms with E-state index in [0.717, 1.165) is 42.9 Å². The maximum atomic E-state index is 11.6. The van der Waals surface area contributed by atoms with Crippen LogP contribution in [0.5, 0.6) is 0 Å². The lowest BCUT2D eigenvalue weighted by Crippen LogP contribution is -2.36. The van der Waals surface area contributed by atoms with Gasteiger partial charge < -0.3 is 19.4 Å². The molecule has 0 bridgehead atoms. The molecule has 1 aromatic carbocycles. The third-order valence-electron chi connectivity index (χ3n) is 3.82. The first-order chi connectivity index (χ1) is 10.8. The van der Waals surface area contributed by atoms with Crippen LogP contribution in [-0.4, -0.2) is 48.3 Å². The van der Waals surface area contributed by atoms with E-state index in [9.17, 15) is 4.79 Å². The van der Waals surface area contributed by atoms with Gasteiger partial charge in [0.2, 0.25) is 0 Å². The van der Waals surface area contributed by atoms with Gasteiger partial charge in [0.25, 0.3) is 0 Å². The van der Waals surface area contributed by atoms with E-state index in [2.05, 4.69) is 10.3 Å².